The first-order chi connectivity index (χ1) is 7.67. The summed E-state index contributed by atoms with van der Waals surface area (Å²) in [5, 5.41) is 3.20. The maximum atomic E-state index is 3.20. The Morgan fingerprint density at radius 1 is 1.31 bits per heavy atom. The first-order valence-corrected chi connectivity index (χ1v) is 6.13. The van der Waals surface area contributed by atoms with Crippen molar-refractivity contribution in [3.8, 4) is 0 Å². The van der Waals surface area contributed by atoms with E-state index in [-0.39, 0.29) is 0 Å². The van der Waals surface area contributed by atoms with Gasteiger partial charge in [0.2, 0.25) is 0 Å². The first kappa shape index (κ1) is 13.2. The fourth-order valence-electron chi connectivity index (χ4n) is 1.81. The summed E-state index contributed by atoms with van der Waals surface area (Å²) in [4.78, 5) is 2.39. The lowest BCUT2D eigenvalue weighted by molar-refractivity contribution is 0.265. The zero-order chi connectivity index (χ0) is 12.0. The maximum Gasteiger partial charge on any atom is 0.0481 e. The molecule has 0 aliphatic heterocycles. The number of hydrogen-bond donors (Lipinski definition) is 1. The zero-order valence-electron chi connectivity index (χ0n) is 11.0. The van der Waals surface area contributed by atoms with Crippen molar-refractivity contribution in [2.45, 2.75) is 33.2 Å². The van der Waals surface area contributed by atoms with Gasteiger partial charge in [-0.05, 0) is 30.6 Å². The Morgan fingerprint density at radius 3 is 2.62 bits per heavy atom. The standard InChI is InChI=1S/C14H24N2/c1-5-16(11-15-4)10-13-7-6-8-14(9-13)12(2)3/h6-9,12,15H,5,10-11H2,1-4H3. The number of rotatable bonds is 6. The average molecular weight is 220 g/mol. The molecular weight excluding hydrogens is 196 g/mol. The average Bonchev–Trinajstić information content (AvgIpc) is 2.29. The second kappa shape index (κ2) is 6.66. The Hall–Kier alpha value is -0.860. The van der Waals surface area contributed by atoms with E-state index in [9.17, 15) is 0 Å². The molecule has 0 aromatic heterocycles. The van der Waals surface area contributed by atoms with E-state index < -0.39 is 0 Å². The van der Waals surface area contributed by atoms with E-state index in [1.165, 1.54) is 11.1 Å². The van der Waals surface area contributed by atoms with E-state index >= 15 is 0 Å². The molecule has 1 aromatic rings. The molecule has 0 amide bonds. The van der Waals surface area contributed by atoms with Crippen molar-refractivity contribution in [2.75, 3.05) is 20.3 Å². The molecule has 0 spiro atoms. The van der Waals surface area contributed by atoms with Crippen LogP contribution in [0.4, 0.5) is 0 Å². The molecule has 1 rings (SSSR count). The zero-order valence-corrected chi connectivity index (χ0v) is 11.0. The van der Waals surface area contributed by atoms with Gasteiger partial charge in [-0.15, -0.1) is 0 Å². The van der Waals surface area contributed by atoms with Gasteiger partial charge in [-0.3, -0.25) is 4.90 Å². The quantitative estimate of drug-likeness (QED) is 0.742. The van der Waals surface area contributed by atoms with Crippen LogP contribution in [-0.4, -0.2) is 25.2 Å². The summed E-state index contributed by atoms with van der Waals surface area (Å²) in [7, 11) is 1.99. The third-order valence-corrected chi connectivity index (χ3v) is 2.85. The van der Waals surface area contributed by atoms with Crippen molar-refractivity contribution in [1.29, 1.82) is 0 Å². The van der Waals surface area contributed by atoms with Gasteiger partial charge in [0, 0.05) is 13.2 Å². The lowest BCUT2D eigenvalue weighted by Crippen LogP contribution is -2.31. The highest BCUT2D eigenvalue weighted by Gasteiger charge is 2.04. The normalized spacial score (nSPS) is 11.4. The highest BCUT2D eigenvalue weighted by molar-refractivity contribution is 5.25. The first-order valence-electron chi connectivity index (χ1n) is 6.13. The van der Waals surface area contributed by atoms with Crippen LogP contribution in [0.5, 0.6) is 0 Å². The highest BCUT2D eigenvalue weighted by Crippen LogP contribution is 2.16. The lowest BCUT2D eigenvalue weighted by Gasteiger charge is -2.20. The predicted octanol–water partition coefficient (Wildman–Crippen LogP) is 2.81. The van der Waals surface area contributed by atoms with Gasteiger partial charge in [0.15, 0.2) is 0 Å². The number of benzene rings is 1. The van der Waals surface area contributed by atoms with E-state index in [0.29, 0.717) is 5.92 Å². The number of nitrogens with zero attached hydrogens (tertiary/aromatic N) is 1. The van der Waals surface area contributed by atoms with Crippen LogP contribution < -0.4 is 5.32 Å². The van der Waals surface area contributed by atoms with Crippen molar-refractivity contribution >= 4 is 0 Å². The van der Waals surface area contributed by atoms with Crippen LogP contribution in [0.2, 0.25) is 0 Å². The highest BCUT2D eigenvalue weighted by atomic mass is 15.2. The molecule has 0 radical (unpaired) electrons. The van der Waals surface area contributed by atoms with Gasteiger partial charge in [0.05, 0.1) is 0 Å². The third kappa shape index (κ3) is 3.95. The molecule has 0 unspecified atom stereocenters. The van der Waals surface area contributed by atoms with E-state index in [2.05, 4.69) is 55.3 Å². The molecule has 90 valence electrons. The van der Waals surface area contributed by atoms with E-state index in [0.717, 1.165) is 19.8 Å². The van der Waals surface area contributed by atoms with Gasteiger partial charge in [-0.25, -0.2) is 0 Å². The Labute approximate surface area is 99.7 Å². The molecule has 2 heteroatoms. The second-order valence-electron chi connectivity index (χ2n) is 4.56. The molecular formula is C14H24N2. The second-order valence-corrected chi connectivity index (χ2v) is 4.56. The molecule has 2 nitrogen and oxygen atoms in total. The molecule has 0 atom stereocenters. The summed E-state index contributed by atoms with van der Waals surface area (Å²) in [5.41, 5.74) is 2.83. The molecule has 0 fully saturated rings. The molecule has 1 aromatic carbocycles. The van der Waals surface area contributed by atoms with E-state index in [1.54, 1.807) is 0 Å². The Balaban J connectivity index is 2.68. The Kier molecular flexibility index (Phi) is 5.50. The van der Waals surface area contributed by atoms with Gasteiger partial charge >= 0.3 is 0 Å². The molecule has 0 saturated heterocycles. The van der Waals surface area contributed by atoms with Crippen LogP contribution in [-0.2, 0) is 6.54 Å². The summed E-state index contributed by atoms with van der Waals surface area (Å²) in [6, 6.07) is 8.91. The summed E-state index contributed by atoms with van der Waals surface area (Å²) in [5.74, 6) is 0.610. The third-order valence-electron chi connectivity index (χ3n) is 2.85. The maximum absolute atomic E-state index is 3.20. The summed E-state index contributed by atoms with van der Waals surface area (Å²) >= 11 is 0. The van der Waals surface area contributed by atoms with Crippen molar-refractivity contribution in [3.05, 3.63) is 35.4 Å². The molecule has 16 heavy (non-hydrogen) atoms. The van der Waals surface area contributed by atoms with Crippen molar-refractivity contribution < 1.29 is 0 Å². The largest absolute Gasteiger partial charge is 0.307 e. The summed E-state index contributed by atoms with van der Waals surface area (Å²) < 4.78 is 0. The topological polar surface area (TPSA) is 15.3 Å². The molecule has 0 aliphatic carbocycles. The van der Waals surface area contributed by atoms with E-state index in [4.69, 9.17) is 0 Å². The Morgan fingerprint density at radius 2 is 2.06 bits per heavy atom. The van der Waals surface area contributed by atoms with Crippen molar-refractivity contribution in [2.24, 2.45) is 0 Å². The van der Waals surface area contributed by atoms with Crippen molar-refractivity contribution in [1.82, 2.24) is 10.2 Å². The molecule has 0 heterocycles. The van der Waals surface area contributed by atoms with Gasteiger partial charge in [0.25, 0.3) is 0 Å². The minimum absolute atomic E-state index is 0.610. The van der Waals surface area contributed by atoms with Gasteiger partial charge in [-0.1, -0.05) is 45.0 Å². The van der Waals surface area contributed by atoms with Crippen LogP contribution in [0, 0.1) is 0 Å². The predicted molar refractivity (Wildman–Crippen MR) is 70.5 cm³/mol. The van der Waals surface area contributed by atoms with Crippen LogP contribution in [0.15, 0.2) is 24.3 Å². The molecule has 0 saturated carbocycles. The van der Waals surface area contributed by atoms with Crippen LogP contribution in [0.3, 0.4) is 0 Å². The summed E-state index contributed by atoms with van der Waals surface area (Å²) in [6.07, 6.45) is 0. The molecule has 1 N–H and O–H groups in total. The minimum atomic E-state index is 0.610. The van der Waals surface area contributed by atoms with Gasteiger partial charge < -0.3 is 5.32 Å². The minimum Gasteiger partial charge on any atom is -0.307 e. The Bertz CT molecular complexity index is 307. The fraction of sp³-hybridized carbons (Fsp3) is 0.571. The van der Waals surface area contributed by atoms with Gasteiger partial charge in [0.1, 0.15) is 0 Å². The monoisotopic (exact) mass is 220 g/mol. The van der Waals surface area contributed by atoms with E-state index in [1.807, 2.05) is 7.05 Å². The van der Waals surface area contributed by atoms with Crippen LogP contribution in [0.1, 0.15) is 37.8 Å². The molecule has 0 aliphatic rings. The number of hydrogen-bond acceptors (Lipinski definition) is 2. The summed E-state index contributed by atoms with van der Waals surface area (Å²) in [6.45, 7) is 9.73. The number of nitrogens with one attached hydrogen (secondary N) is 1. The van der Waals surface area contributed by atoms with Crippen molar-refractivity contribution in [3.63, 3.8) is 0 Å². The molecule has 0 bridgehead atoms. The van der Waals surface area contributed by atoms with Crippen LogP contribution >= 0.6 is 0 Å². The van der Waals surface area contributed by atoms with Crippen LogP contribution in [0.25, 0.3) is 0 Å². The lowest BCUT2D eigenvalue weighted by atomic mass is 10.0. The smallest absolute Gasteiger partial charge is 0.0481 e. The van der Waals surface area contributed by atoms with Gasteiger partial charge in [-0.2, -0.15) is 0 Å². The fourth-order valence-corrected chi connectivity index (χ4v) is 1.81. The SMILES string of the molecule is CCN(CNC)Cc1cccc(C(C)C)c1.